The maximum atomic E-state index is 5.80. The molecule has 0 fully saturated rings. The van der Waals surface area contributed by atoms with Crippen molar-refractivity contribution in [3.05, 3.63) is 59.0 Å². The van der Waals surface area contributed by atoms with Crippen molar-refractivity contribution in [1.82, 2.24) is 5.32 Å². The Morgan fingerprint density at radius 1 is 1.11 bits per heavy atom. The van der Waals surface area contributed by atoms with Gasteiger partial charge in [-0.15, -0.1) is 0 Å². The minimum atomic E-state index is 0.616. The first kappa shape index (κ1) is 13.1. The molecule has 0 aliphatic heterocycles. The van der Waals surface area contributed by atoms with Gasteiger partial charge in [-0.2, -0.15) is 0 Å². The number of ether oxygens (including phenoxy) is 1. The lowest BCUT2D eigenvalue weighted by atomic mass is 10.2. The molecule has 2 aromatic rings. The van der Waals surface area contributed by atoms with Gasteiger partial charge in [0.25, 0.3) is 0 Å². The van der Waals surface area contributed by atoms with Crippen LogP contribution in [-0.4, -0.2) is 13.2 Å². The smallest absolute Gasteiger partial charge is 0.0947 e. The first-order chi connectivity index (χ1) is 8.84. The summed E-state index contributed by atoms with van der Waals surface area (Å²) in [6.45, 7) is 2.92. The van der Waals surface area contributed by atoms with Gasteiger partial charge >= 0.3 is 0 Å². The van der Waals surface area contributed by atoms with Gasteiger partial charge in [0.15, 0.2) is 0 Å². The van der Waals surface area contributed by atoms with E-state index in [0.717, 1.165) is 29.2 Å². The van der Waals surface area contributed by atoms with E-state index in [1.54, 1.807) is 12.5 Å². The standard InChI is InChI=1S/C14H16ClNO2/c15-14-3-1-12(2-4-14)10-18-8-6-16-9-13-5-7-17-11-13/h1-5,7,11,16H,6,8-10H2. The summed E-state index contributed by atoms with van der Waals surface area (Å²) in [5.41, 5.74) is 2.28. The molecule has 0 radical (unpaired) electrons. The highest BCUT2D eigenvalue weighted by atomic mass is 35.5. The fraction of sp³-hybridized carbons (Fsp3) is 0.286. The predicted octanol–water partition coefficient (Wildman–Crippen LogP) is 3.24. The van der Waals surface area contributed by atoms with Crippen LogP contribution in [0.3, 0.4) is 0 Å². The topological polar surface area (TPSA) is 34.4 Å². The predicted molar refractivity (Wildman–Crippen MR) is 71.5 cm³/mol. The largest absolute Gasteiger partial charge is 0.472 e. The second-order valence-electron chi connectivity index (χ2n) is 3.99. The molecule has 0 aliphatic carbocycles. The summed E-state index contributed by atoms with van der Waals surface area (Å²) in [6.07, 6.45) is 3.41. The lowest BCUT2D eigenvalue weighted by Gasteiger charge is -2.05. The van der Waals surface area contributed by atoms with Gasteiger partial charge in [-0.05, 0) is 23.8 Å². The number of hydrogen-bond acceptors (Lipinski definition) is 3. The number of benzene rings is 1. The van der Waals surface area contributed by atoms with Crippen molar-refractivity contribution in [2.24, 2.45) is 0 Å². The van der Waals surface area contributed by atoms with Gasteiger partial charge in [-0.1, -0.05) is 23.7 Å². The van der Waals surface area contributed by atoms with E-state index in [1.807, 2.05) is 30.3 Å². The number of hydrogen-bond donors (Lipinski definition) is 1. The van der Waals surface area contributed by atoms with Crippen molar-refractivity contribution in [3.63, 3.8) is 0 Å². The van der Waals surface area contributed by atoms with Gasteiger partial charge in [-0.25, -0.2) is 0 Å². The molecule has 4 heteroatoms. The highest BCUT2D eigenvalue weighted by Gasteiger charge is 1.95. The Hall–Kier alpha value is -1.29. The van der Waals surface area contributed by atoms with Gasteiger partial charge in [0, 0.05) is 23.7 Å². The van der Waals surface area contributed by atoms with Crippen molar-refractivity contribution in [1.29, 1.82) is 0 Å². The summed E-state index contributed by atoms with van der Waals surface area (Å²) in [5.74, 6) is 0. The number of rotatable bonds is 7. The Morgan fingerprint density at radius 3 is 2.67 bits per heavy atom. The fourth-order valence-corrected chi connectivity index (χ4v) is 1.67. The van der Waals surface area contributed by atoms with Crippen LogP contribution in [0.15, 0.2) is 47.3 Å². The van der Waals surface area contributed by atoms with Crippen LogP contribution in [0.25, 0.3) is 0 Å². The molecule has 2 rings (SSSR count). The molecule has 1 aromatic carbocycles. The van der Waals surface area contributed by atoms with Crippen molar-refractivity contribution < 1.29 is 9.15 Å². The van der Waals surface area contributed by atoms with E-state index in [9.17, 15) is 0 Å². The summed E-state index contributed by atoms with van der Waals surface area (Å²) in [4.78, 5) is 0. The van der Waals surface area contributed by atoms with Crippen LogP contribution in [0.5, 0.6) is 0 Å². The minimum absolute atomic E-state index is 0.616. The third kappa shape index (κ3) is 4.53. The minimum Gasteiger partial charge on any atom is -0.472 e. The van der Waals surface area contributed by atoms with Gasteiger partial charge in [-0.3, -0.25) is 0 Å². The second-order valence-corrected chi connectivity index (χ2v) is 4.42. The van der Waals surface area contributed by atoms with Gasteiger partial charge < -0.3 is 14.5 Å². The molecule has 0 saturated heterocycles. The molecule has 0 bridgehead atoms. The lowest BCUT2D eigenvalue weighted by molar-refractivity contribution is 0.122. The third-order valence-electron chi connectivity index (χ3n) is 2.51. The van der Waals surface area contributed by atoms with Crippen molar-refractivity contribution in [2.45, 2.75) is 13.2 Å². The molecular formula is C14H16ClNO2. The first-order valence-electron chi connectivity index (χ1n) is 5.88. The van der Waals surface area contributed by atoms with Crippen LogP contribution >= 0.6 is 11.6 Å². The number of furan rings is 1. The van der Waals surface area contributed by atoms with E-state index >= 15 is 0 Å². The molecule has 0 spiro atoms. The maximum absolute atomic E-state index is 5.80. The average molecular weight is 266 g/mol. The summed E-state index contributed by atoms with van der Waals surface area (Å²) in [7, 11) is 0. The Morgan fingerprint density at radius 2 is 1.94 bits per heavy atom. The molecule has 0 saturated carbocycles. The third-order valence-corrected chi connectivity index (χ3v) is 2.77. The van der Waals surface area contributed by atoms with Gasteiger partial charge in [0.05, 0.1) is 25.7 Å². The quantitative estimate of drug-likeness (QED) is 0.781. The van der Waals surface area contributed by atoms with E-state index in [0.29, 0.717) is 13.2 Å². The Bertz CT molecular complexity index is 439. The van der Waals surface area contributed by atoms with E-state index < -0.39 is 0 Å². The zero-order chi connectivity index (χ0) is 12.6. The first-order valence-corrected chi connectivity index (χ1v) is 6.26. The summed E-state index contributed by atoms with van der Waals surface area (Å²) >= 11 is 5.80. The molecule has 1 aromatic heterocycles. The average Bonchev–Trinajstić information content (AvgIpc) is 2.89. The molecule has 1 heterocycles. The monoisotopic (exact) mass is 265 g/mol. The summed E-state index contributed by atoms with van der Waals surface area (Å²) in [6, 6.07) is 9.64. The van der Waals surface area contributed by atoms with Crippen LogP contribution in [0, 0.1) is 0 Å². The van der Waals surface area contributed by atoms with Crippen molar-refractivity contribution in [3.8, 4) is 0 Å². The summed E-state index contributed by atoms with van der Waals surface area (Å²) < 4.78 is 10.5. The lowest BCUT2D eigenvalue weighted by Crippen LogP contribution is -2.18. The zero-order valence-corrected chi connectivity index (χ0v) is 10.8. The Balaban J connectivity index is 1.55. The Kier molecular flexibility index (Phi) is 5.27. The molecular weight excluding hydrogens is 250 g/mol. The van der Waals surface area contributed by atoms with E-state index in [2.05, 4.69) is 5.32 Å². The van der Waals surface area contributed by atoms with Crippen LogP contribution in [0.4, 0.5) is 0 Å². The molecule has 0 aliphatic rings. The van der Waals surface area contributed by atoms with E-state index in [1.165, 1.54) is 0 Å². The van der Waals surface area contributed by atoms with Crippen molar-refractivity contribution in [2.75, 3.05) is 13.2 Å². The second kappa shape index (κ2) is 7.21. The molecule has 3 nitrogen and oxygen atoms in total. The van der Waals surface area contributed by atoms with Gasteiger partial charge in [0.1, 0.15) is 0 Å². The highest BCUT2D eigenvalue weighted by molar-refractivity contribution is 6.30. The summed E-state index contributed by atoms with van der Waals surface area (Å²) in [5, 5.41) is 4.03. The molecule has 18 heavy (non-hydrogen) atoms. The van der Waals surface area contributed by atoms with Crippen LogP contribution in [-0.2, 0) is 17.9 Å². The van der Waals surface area contributed by atoms with E-state index in [4.69, 9.17) is 20.8 Å². The van der Waals surface area contributed by atoms with Crippen molar-refractivity contribution >= 4 is 11.6 Å². The van der Waals surface area contributed by atoms with Crippen LogP contribution in [0.1, 0.15) is 11.1 Å². The highest BCUT2D eigenvalue weighted by Crippen LogP contribution is 2.09. The fourth-order valence-electron chi connectivity index (χ4n) is 1.54. The molecule has 0 amide bonds. The Labute approximate surface area is 112 Å². The maximum Gasteiger partial charge on any atom is 0.0947 e. The number of halogens is 1. The SMILES string of the molecule is Clc1ccc(COCCNCc2ccoc2)cc1. The van der Waals surface area contributed by atoms with Crippen LogP contribution < -0.4 is 5.32 Å². The zero-order valence-electron chi connectivity index (χ0n) is 10.1. The number of nitrogens with one attached hydrogen (secondary N) is 1. The van der Waals surface area contributed by atoms with E-state index in [-0.39, 0.29) is 0 Å². The molecule has 96 valence electrons. The van der Waals surface area contributed by atoms with Gasteiger partial charge in [0.2, 0.25) is 0 Å². The molecule has 0 unspecified atom stereocenters. The normalized spacial score (nSPS) is 10.7. The molecule has 1 N–H and O–H groups in total. The molecule has 0 atom stereocenters. The van der Waals surface area contributed by atoms with Crippen LogP contribution in [0.2, 0.25) is 5.02 Å².